The summed E-state index contributed by atoms with van der Waals surface area (Å²) in [5, 5.41) is 4.60. The van der Waals surface area contributed by atoms with Crippen molar-refractivity contribution in [2.45, 2.75) is 20.0 Å². The number of pyridine rings is 1. The van der Waals surface area contributed by atoms with Crippen LogP contribution in [0.15, 0.2) is 58.3 Å². The Morgan fingerprint density at radius 3 is 2.68 bits per heavy atom. The fraction of sp³-hybridized carbons (Fsp3) is 0.167. The zero-order valence-electron chi connectivity index (χ0n) is 15.0. The zero-order chi connectivity index (χ0) is 19.7. The van der Waals surface area contributed by atoms with Crippen LogP contribution in [0.1, 0.15) is 6.92 Å². The molecule has 0 fully saturated rings. The monoisotopic (exact) mass is 379 g/mol. The number of carbonyl (C=O) groups is 1. The lowest BCUT2D eigenvalue weighted by Gasteiger charge is -2.13. The van der Waals surface area contributed by atoms with Crippen LogP contribution in [0.3, 0.4) is 0 Å². The molecule has 0 aliphatic carbocycles. The molecule has 10 nitrogen and oxygen atoms in total. The maximum Gasteiger partial charge on any atom is 0.350 e. The number of hydrogen-bond acceptors (Lipinski definition) is 6. The lowest BCUT2D eigenvalue weighted by molar-refractivity contribution is -0.121. The van der Waals surface area contributed by atoms with Gasteiger partial charge in [-0.2, -0.15) is 0 Å². The Bertz CT molecular complexity index is 1300. The van der Waals surface area contributed by atoms with E-state index in [9.17, 15) is 14.4 Å². The van der Waals surface area contributed by atoms with Gasteiger partial charge in [0.25, 0.3) is 11.5 Å². The first-order valence-electron chi connectivity index (χ1n) is 8.67. The van der Waals surface area contributed by atoms with E-state index in [1.807, 2.05) is 0 Å². The summed E-state index contributed by atoms with van der Waals surface area (Å²) in [5.74, 6) is -0.294. The molecule has 1 amide bonds. The van der Waals surface area contributed by atoms with E-state index in [2.05, 4.69) is 20.9 Å². The molecular formula is C18H17N7O3. The van der Waals surface area contributed by atoms with Crippen molar-refractivity contribution in [3.8, 4) is 0 Å². The number of hydrogen-bond donors (Lipinski definition) is 2. The lowest BCUT2D eigenvalue weighted by Crippen LogP contribution is -2.38. The Kier molecular flexibility index (Phi) is 4.36. The molecule has 2 N–H and O–H groups in total. The fourth-order valence-corrected chi connectivity index (χ4v) is 2.93. The number of rotatable bonds is 5. The molecule has 0 aliphatic rings. The van der Waals surface area contributed by atoms with E-state index in [4.69, 9.17) is 0 Å². The van der Waals surface area contributed by atoms with Crippen molar-refractivity contribution in [2.24, 2.45) is 0 Å². The molecule has 10 heteroatoms. The minimum Gasteiger partial charge on any atom is -0.277 e. The molecule has 0 spiro atoms. The van der Waals surface area contributed by atoms with Crippen molar-refractivity contribution < 1.29 is 4.79 Å². The maximum atomic E-state index is 12.6. The number of nitrogens with zero attached hydrogens (tertiary/aromatic N) is 5. The molecule has 4 rings (SSSR count). The van der Waals surface area contributed by atoms with E-state index in [0.717, 1.165) is 4.68 Å². The number of carbonyl (C=O) groups excluding carboxylic acids is 1. The normalized spacial score (nSPS) is 11.0. The smallest absolute Gasteiger partial charge is 0.277 e. The Morgan fingerprint density at radius 2 is 1.89 bits per heavy atom. The highest BCUT2D eigenvalue weighted by Gasteiger charge is 2.13. The molecule has 3 heterocycles. The van der Waals surface area contributed by atoms with Crippen LogP contribution in [0.2, 0.25) is 0 Å². The summed E-state index contributed by atoms with van der Waals surface area (Å²) in [6.07, 6.45) is 1.58. The van der Waals surface area contributed by atoms with Crippen molar-refractivity contribution in [1.82, 2.24) is 29.2 Å². The lowest BCUT2D eigenvalue weighted by atomic mass is 10.2. The standard InChI is InChI=1S/C18H17N7O3/c1-2-23-16(27)12-7-3-4-8-13(12)19-17(23)21-20-15(26)11-25-18(28)24-10-6-5-9-14(24)22-25/h3-10H,2,11H2,1H3,(H,19,21)(H,20,26). The summed E-state index contributed by atoms with van der Waals surface area (Å²) in [5.41, 5.74) is 5.48. The SMILES string of the molecule is CCn1c(NNC(=O)Cn2nc3ccccn3c2=O)nc2ccccc2c1=O. The van der Waals surface area contributed by atoms with Crippen molar-refractivity contribution in [3.63, 3.8) is 0 Å². The minimum absolute atomic E-state index is 0.207. The summed E-state index contributed by atoms with van der Waals surface area (Å²) < 4.78 is 3.83. The molecule has 0 atom stereocenters. The zero-order valence-corrected chi connectivity index (χ0v) is 15.0. The first-order chi connectivity index (χ1) is 13.6. The molecule has 4 aromatic rings. The van der Waals surface area contributed by atoms with Gasteiger partial charge in [-0.3, -0.25) is 29.4 Å². The predicted molar refractivity (Wildman–Crippen MR) is 103 cm³/mol. The van der Waals surface area contributed by atoms with E-state index in [0.29, 0.717) is 23.1 Å². The molecule has 0 saturated carbocycles. The van der Waals surface area contributed by atoms with Gasteiger partial charge >= 0.3 is 5.69 Å². The van der Waals surface area contributed by atoms with E-state index in [1.54, 1.807) is 55.6 Å². The van der Waals surface area contributed by atoms with Gasteiger partial charge in [-0.15, -0.1) is 5.10 Å². The maximum absolute atomic E-state index is 12.6. The Hall–Kier alpha value is -3.95. The molecule has 3 aromatic heterocycles. The number of anilines is 1. The van der Waals surface area contributed by atoms with Gasteiger partial charge in [0.2, 0.25) is 5.95 Å². The van der Waals surface area contributed by atoms with Crippen molar-refractivity contribution in [1.29, 1.82) is 0 Å². The van der Waals surface area contributed by atoms with E-state index in [1.165, 1.54) is 8.97 Å². The average Bonchev–Trinajstić information content (AvgIpc) is 3.02. The van der Waals surface area contributed by atoms with Crippen LogP contribution in [-0.4, -0.2) is 29.6 Å². The van der Waals surface area contributed by atoms with E-state index < -0.39 is 11.6 Å². The molecule has 142 valence electrons. The third-order valence-electron chi connectivity index (χ3n) is 4.27. The summed E-state index contributed by atoms with van der Waals surface area (Å²) in [6.45, 7) is 1.90. The summed E-state index contributed by atoms with van der Waals surface area (Å²) in [7, 11) is 0. The molecule has 0 bridgehead atoms. The number of para-hydroxylation sites is 1. The Morgan fingerprint density at radius 1 is 1.11 bits per heavy atom. The van der Waals surface area contributed by atoms with E-state index >= 15 is 0 Å². The number of amides is 1. The molecule has 0 saturated heterocycles. The largest absolute Gasteiger partial charge is 0.350 e. The molecule has 28 heavy (non-hydrogen) atoms. The van der Waals surface area contributed by atoms with E-state index in [-0.39, 0.29) is 18.1 Å². The molecule has 0 radical (unpaired) electrons. The van der Waals surface area contributed by atoms with Gasteiger partial charge in [0, 0.05) is 12.7 Å². The number of fused-ring (bicyclic) bond motifs is 2. The number of benzene rings is 1. The van der Waals surface area contributed by atoms with Crippen LogP contribution >= 0.6 is 0 Å². The molecule has 0 unspecified atom stereocenters. The van der Waals surface area contributed by atoms with Crippen LogP contribution in [0.4, 0.5) is 5.95 Å². The number of aromatic nitrogens is 5. The first-order valence-corrected chi connectivity index (χ1v) is 8.67. The average molecular weight is 379 g/mol. The highest BCUT2D eigenvalue weighted by atomic mass is 16.2. The summed E-state index contributed by atoms with van der Waals surface area (Å²) >= 11 is 0. The predicted octanol–water partition coefficient (Wildman–Crippen LogP) is 0.369. The fourth-order valence-electron chi connectivity index (χ4n) is 2.93. The topological polar surface area (TPSA) is 115 Å². The van der Waals surface area contributed by atoms with Crippen molar-refractivity contribution >= 4 is 28.4 Å². The highest BCUT2D eigenvalue weighted by Crippen LogP contribution is 2.10. The second-order valence-electron chi connectivity index (χ2n) is 6.04. The molecule has 0 aliphatic heterocycles. The van der Waals surface area contributed by atoms with Gasteiger partial charge < -0.3 is 0 Å². The minimum atomic E-state index is -0.504. The molecular weight excluding hydrogens is 362 g/mol. The van der Waals surface area contributed by atoms with Crippen molar-refractivity contribution in [2.75, 3.05) is 5.43 Å². The van der Waals surface area contributed by atoms with Crippen LogP contribution < -0.4 is 22.1 Å². The first kappa shape index (κ1) is 17.5. The number of nitrogens with one attached hydrogen (secondary N) is 2. The highest BCUT2D eigenvalue weighted by molar-refractivity contribution is 5.79. The second kappa shape index (κ2) is 6.99. The van der Waals surface area contributed by atoms with Gasteiger partial charge in [0.05, 0.1) is 10.9 Å². The van der Waals surface area contributed by atoms with Crippen LogP contribution in [0, 0.1) is 0 Å². The molecule has 1 aromatic carbocycles. The van der Waals surface area contributed by atoms with Gasteiger partial charge in [0.1, 0.15) is 6.54 Å². The van der Waals surface area contributed by atoms with Gasteiger partial charge in [-0.1, -0.05) is 18.2 Å². The Labute approximate surface area is 158 Å². The van der Waals surface area contributed by atoms with Crippen molar-refractivity contribution in [3.05, 3.63) is 69.5 Å². The Balaban J connectivity index is 1.55. The van der Waals surface area contributed by atoms with Crippen LogP contribution in [-0.2, 0) is 17.9 Å². The third kappa shape index (κ3) is 3.00. The van der Waals surface area contributed by atoms with Crippen LogP contribution in [0.25, 0.3) is 16.6 Å². The number of hydrazine groups is 1. The van der Waals surface area contributed by atoms with Crippen LogP contribution in [0.5, 0.6) is 0 Å². The quantitative estimate of drug-likeness (QED) is 0.484. The summed E-state index contributed by atoms with van der Waals surface area (Å²) in [6, 6.07) is 12.1. The summed E-state index contributed by atoms with van der Waals surface area (Å²) in [4.78, 5) is 41.5. The van der Waals surface area contributed by atoms with Gasteiger partial charge in [-0.25, -0.2) is 14.5 Å². The van der Waals surface area contributed by atoms with Gasteiger partial charge in [0.15, 0.2) is 5.65 Å². The third-order valence-corrected chi connectivity index (χ3v) is 4.27. The second-order valence-corrected chi connectivity index (χ2v) is 6.04. The van der Waals surface area contributed by atoms with Gasteiger partial charge in [-0.05, 0) is 31.2 Å².